The van der Waals surface area contributed by atoms with Crippen LogP contribution in [0.15, 0.2) is 54.6 Å². The van der Waals surface area contributed by atoms with Gasteiger partial charge in [0.2, 0.25) is 0 Å². The standard InChI is InChI=1S/C7H7NO3.C6H6/c1-5-6(8(10)11)3-2-4-7(5)9;1-2-4-6-5-3-1/h2-4,9H,1H3;1-6H. The van der Waals surface area contributed by atoms with Crippen LogP contribution in [0.5, 0.6) is 5.75 Å². The smallest absolute Gasteiger partial charge is 0.275 e. The van der Waals surface area contributed by atoms with E-state index in [0.717, 1.165) is 0 Å². The second kappa shape index (κ2) is 6.27. The minimum atomic E-state index is -0.519. The maximum Gasteiger partial charge on any atom is 0.275 e. The number of nitro groups is 1. The summed E-state index contributed by atoms with van der Waals surface area (Å²) in [7, 11) is 0. The third kappa shape index (κ3) is 3.95. The quantitative estimate of drug-likeness (QED) is 0.605. The molecule has 0 unspecified atom stereocenters. The van der Waals surface area contributed by atoms with Gasteiger partial charge in [-0.25, -0.2) is 0 Å². The van der Waals surface area contributed by atoms with E-state index in [2.05, 4.69) is 0 Å². The van der Waals surface area contributed by atoms with Crippen LogP contribution in [0.4, 0.5) is 5.69 Å². The van der Waals surface area contributed by atoms with Crippen LogP contribution >= 0.6 is 0 Å². The van der Waals surface area contributed by atoms with Crippen LogP contribution in [0.25, 0.3) is 0 Å². The molecule has 17 heavy (non-hydrogen) atoms. The lowest BCUT2D eigenvalue weighted by molar-refractivity contribution is -0.385. The number of nitrogens with zero attached hydrogens (tertiary/aromatic N) is 1. The number of phenolic OH excluding ortho intramolecular Hbond substituents is 1. The highest BCUT2D eigenvalue weighted by Gasteiger charge is 2.11. The van der Waals surface area contributed by atoms with E-state index in [4.69, 9.17) is 5.11 Å². The van der Waals surface area contributed by atoms with Gasteiger partial charge < -0.3 is 5.11 Å². The van der Waals surface area contributed by atoms with Gasteiger partial charge in [-0.1, -0.05) is 42.5 Å². The number of benzene rings is 2. The van der Waals surface area contributed by atoms with Gasteiger partial charge in [0.05, 0.1) is 10.5 Å². The van der Waals surface area contributed by atoms with Gasteiger partial charge in [-0.3, -0.25) is 10.1 Å². The number of hydrogen-bond acceptors (Lipinski definition) is 3. The van der Waals surface area contributed by atoms with Crippen molar-refractivity contribution in [2.24, 2.45) is 0 Å². The minimum Gasteiger partial charge on any atom is -0.507 e. The third-order valence-corrected chi connectivity index (χ3v) is 2.14. The fourth-order valence-electron chi connectivity index (χ4n) is 1.19. The molecule has 4 heteroatoms. The highest BCUT2D eigenvalue weighted by molar-refractivity contribution is 5.47. The van der Waals surface area contributed by atoms with Crippen molar-refractivity contribution in [3.05, 3.63) is 70.3 Å². The van der Waals surface area contributed by atoms with E-state index in [1.54, 1.807) is 0 Å². The minimum absolute atomic E-state index is 0.0424. The Morgan fingerprint density at radius 2 is 1.47 bits per heavy atom. The lowest BCUT2D eigenvalue weighted by Gasteiger charge is -1.97. The maximum absolute atomic E-state index is 10.3. The number of hydrogen-bond donors (Lipinski definition) is 1. The van der Waals surface area contributed by atoms with Gasteiger partial charge in [0.15, 0.2) is 0 Å². The molecular weight excluding hydrogens is 218 g/mol. The molecule has 0 saturated heterocycles. The zero-order chi connectivity index (χ0) is 12.7. The number of phenols is 1. The second-order valence-electron chi connectivity index (χ2n) is 3.33. The van der Waals surface area contributed by atoms with Crippen molar-refractivity contribution in [2.75, 3.05) is 0 Å². The van der Waals surface area contributed by atoms with Gasteiger partial charge in [0, 0.05) is 6.07 Å². The van der Waals surface area contributed by atoms with Gasteiger partial charge >= 0.3 is 0 Å². The van der Waals surface area contributed by atoms with E-state index < -0.39 is 4.92 Å². The van der Waals surface area contributed by atoms with Crippen LogP contribution in [0.2, 0.25) is 0 Å². The van der Waals surface area contributed by atoms with Crippen molar-refractivity contribution in [3.63, 3.8) is 0 Å². The molecule has 0 aromatic heterocycles. The summed E-state index contributed by atoms with van der Waals surface area (Å²) in [6.07, 6.45) is 0. The lowest BCUT2D eigenvalue weighted by atomic mass is 10.2. The van der Waals surface area contributed by atoms with E-state index in [0.29, 0.717) is 5.56 Å². The zero-order valence-electron chi connectivity index (χ0n) is 9.41. The van der Waals surface area contributed by atoms with Crippen LogP contribution in [0.1, 0.15) is 5.56 Å². The van der Waals surface area contributed by atoms with Gasteiger partial charge in [-0.2, -0.15) is 0 Å². The Morgan fingerprint density at radius 1 is 1.00 bits per heavy atom. The maximum atomic E-state index is 10.3. The SMILES string of the molecule is Cc1c(O)cccc1[N+](=O)[O-].c1ccccc1. The second-order valence-corrected chi connectivity index (χ2v) is 3.33. The van der Waals surface area contributed by atoms with Crippen LogP contribution in [-0.4, -0.2) is 10.0 Å². The Balaban J connectivity index is 0.000000202. The number of nitro benzene ring substituents is 1. The third-order valence-electron chi connectivity index (χ3n) is 2.14. The van der Waals surface area contributed by atoms with Gasteiger partial charge in [-0.15, -0.1) is 0 Å². The highest BCUT2D eigenvalue weighted by atomic mass is 16.6. The normalized spacial score (nSPS) is 9.00. The first-order chi connectivity index (χ1) is 8.13. The fourth-order valence-corrected chi connectivity index (χ4v) is 1.19. The largest absolute Gasteiger partial charge is 0.507 e. The highest BCUT2D eigenvalue weighted by Crippen LogP contribution is 2.25. The predicted octanol–water partition coefficient (Wildman–Crippen LogP) is 3.30. The Morgan fingerprint density at radius 3 is 1.82 bits per heavy atom. The summed E-state index contributed by atoms with van der Waals surface area (Å²) in [5.74, 6) is -0.0424. The number of rotatable bonds is 1. The van der Waals surface area contributed by atoms with E-state index in [1.165, 1.54) is 25.1 Å². The average molecular weight is 231 g/mol. The molecule has 4 nitrogen and oxygen atoms in total. The molecule has 0 aliphatic carbocycles. The summed E-state index contributed by atoms with van der Waals surface area (Å²) >= 11 is 0. The first-order valence-corrected chi connectivity index (χ1v) is 5.06. The van der Waals surface area contributed by atoms with E-state index in [1.807, 2.05) is 36.4 Å². The first kappa shape index (κ1) is 12.7. The van der Waals surface area contributed by atoms with E-state index in [9.17, 15) is 10.1 Å². The van der Waals surface area contributed by atoms with Crippen LogP contribution in [-0.2, 0) is 0 Å². The van der Waals surface area contributed by atoms with Crippen molar-refractivity contribution in [1.82, 2.24) is 0 Å². The molecule has 0 fully saturated rings. The molecule has 0 bridgehead atoms. The van der Waals surface area contributed by atoms with Crippen LogP contribution in [0, 0.1) is 17.0 Å². The van der Waals surface area contributed by atoms with Crippen molar-refractivity contribution < 1.29 is 10.0 Å². The van der Waals surface area contributed by atoms with E-state index >= 15 is 0 Å². The Labute approximate surface area is 99.3 Å². The summed E-state index contributed by atoms with van der Waals surface area (Å²) in [6.45, 7) is 1.51. The molecular formula is C13H13NO3. The molecule has 0 spiro atoms. The van der Waals surface area contributed by atoms with Gasteiger partial charge in [0.1, 0.15) is 5.75 Å². The molecule has 0 radical (unpaired) electrons. The Hall–Kier alpha value is -2.36. The van der Waals surface area contributed by atoms with Crippen molar-refractivity contribution in [1.29, 1.82) is 0 Å². The van der Waals surface area contributed by atoms with E-state index in [-0.39, 0.29) is 11.4 Å². The van der Waals surface area contributed by atoms with Crippen molar-refractivity contribution >= 4 is 5.69 Å². The molecule has 88 valence electrons. The van der Waals surface area contributed by atoms with Crippen molar-refractivity contribution in [3.8, 4) is 5.75 Å². The number of aromatic hydroxyl groups is 1. The molecule has 0 amide bonds. The molecule has 1 N–H and O–H groups in total. The van der Waals surface area contributed by atoms with Crippen LogP contribution in [0.3, 0.4) is 0 Å². The summed E-state index contributed by atoms with van der Waals surface area (Å²) in [5, 5.41) is 19.3. The van der Waals surface area contributed by atoms with Crippen molar-refractivity contribution in [2.45, 2.75) is 6.92 Å². The molecule has 0 aliphatic heterocycles. The van der Waals surface area contributed by atoms with Gasteiger partial charge in [0.25, 0.3) is 5.69 Å². The summed E-state index contributed by atoms with van der Waals surface area (Å²) in [5.41, 5.74) is 0.252. The Bertz CT molecular complexity index is 457. The average Bonchev–Trinajstić information content (AvgIpc) is 2.35. The fraction of sp³-hybridized carbons (Fsp3) is 0.0769. The molecule has 0 atom stereocenters. The molecule has 2 aromatic rings. The summed E-state index contributed by atoms with van der Waals surface area (Å²) in [6, 6.07) is 16.2. The molecule has 0 aliphatic rings. The molecule has 0 heterocycles. The van der Waals surface area contributed by atoms with Crippen LogP contribution < -0.4 is 0 Å². The van der Waals surface area contributed by atoms with Gasteiger partial charge in [-0.05, 0) is 13.0 Å². The Kier molecular flexibility index (Phi) is 4.69. The first-order valence-electron chi connectivity index (χ1n) is 5.06. The summed E-state index contributed by atoms with van der Waals surface area (Å²) in [4.78, 5) is 9.75. The molecule has 0 saturated carbocycles. The monoisotopic (exact) mass is 231 g/mol. The lowest BCUT2D eigenvalue weighted by Crippen LogP contribution is -1.90. The topological polar surface area (TPSA) is 63.4 Å². The molecule has 2 aromatic carbocycles. The predicted molar refractivity (Wildman–Crippen MR) is 65.9 cm³/mol. The molecule has 2 rings (SSSR count). The summed E-state index contributed by atoms with van der Waals surface area (Å²) < 4.78 is 0. The zero-order valence-corrected chi connectivity index (χ0v) is 9.41.